The average molecular weight is 559 g/mol. The topological polar surface area (TPSA) is 83.3 Å². The molecule has 7 heteroatoms. The Morgan fingerprint density at radius 1 is 0.931 bits per heavy atom. The first-order valence-corrected chi connectivity index (χ1v) is 8.53. The normalized spacial score (nSPS) is 16.6. The van der Waals surface area contributed by atoms with Crippen molar-refractivity contribution in [3.05, 3.63) is 97.5 Å². The molecule has 0 amide bonds. The molecule has 2 aromatic carbocycles. The molecule has 2 N–H and O–H groups in total. The van der Waals surface area contributed by atoms with E-state index in [1.165, 1.54) is 0 Å². The predicted molar refractivity (Wildman–Crippen MR) is 108 cm³/mol. The Labute approximate surface area is 185 Å². The molecule has 2 heterocycles. The summed E-state index contributed by atoms with van der Waals surface area (Å²) in [6.07, 6.45) is 7.68. The SMILES string of the molecule is CN1C=CN(c2[c-]cc(C#N)cc2)[CH-]1.N#Cc1c[c-]c(N2C=CC(N)[CH-]2)cc1.[Ir]. The van der Waals surface area contributed by atoms with Crippen LogP contribution in [0.15, 0.2) is 61.1 Å². The summed E-state index contributed by atoms with van der Waals surface area (Å²) in [5.41, 5.74) is 8.74. The van der Waals surface area contributed by atoms with Crippen LogP contribution in [0.5, 0.6) is 0 Å². The molecule has 0 fully saturated rings. The van der Waals surface area contributed by atoms with Crippen molar-refractivity contribution in [3.8, 4) is 12.1 Å². The number of nitrogens with two attached hydrogens (primary N) is 1. The van der Waals surface area contributed by atoms with Gasteiger partial charge in [0.15, 0.2) is 0 Å². The summed E-state index contributed by atoms with van der Waals surface area (Å²) in [5.74, 6) is 0. The molecule has 29 heavy (non-hydrogen) atoms. The Morgan fingerprint density at radius 2 is 1.52 bits per heavy atom. The summed E-state index contributed by atoms with van der Waals surface area (Å²) in [6.45, 7) is 3.83. The monoisotopic (exact) mass is 559 g/mol. The van der Waals surface area contributed by atoms with Gasteiger partial charge in [-0.3, -0.25) is 0 Å². The van der Waals surface area contributed by atoms with Crippen LogP contribution in [0.2, 0.25) is 0 Å². The second-order valence-electron chi connectivity index (χ2n) is 6.11. The van der Waals surface area contributed by atoms with Gasteiger partial charge >= 0.3 is 0 Å². The zero-order valence-corrected chi connectivity index (χ0v) is 18.0. The van der Waals surface area contributed by atoms with Gasteiger partial charge in [-0.1, -0.05) is 23.2 Å². The molecular weight excluding hydrogens is 541 g/mol. The Kier molecular flexibility index (Phi) is 8.00. The van der Waals surface area contributed by atoms with E-state index in [4.69, 9.17) is 16.3 Å². The minimum atomic E-state index is -0.0287. The Bertz CT molecular complexity index is 858. The molecule has 2 aromatic rings. The first-order valence-electron chi connectivity index (χ1n) is 8.53. The maximum Gasteiger partial charge on any atom is 0.0307 e. The smallest absolute Gasteiger partial charge is 0.0307 e. The summed E-state index contributed by atoms with van der Waals surface area (Å²) >= 11 is 0. The third kappa shape index (κ3) is 5.94. The molecule has 0 saturated carbocycles. The fourth-order valence-electron chi connectivity index (χ4n) is 2.52. The molecule has 1 atom stereocenters. The molecule has 6 nitrogen and oxygen atoms in total. The van der Waals surface area contributed by atoms with E-state index in [-0.39, 0.29) is 26.1 Å². The number of benzene rings is 2. The fourth-order valence-corrected chi connectivity index (χ4v) is 2.52. The van der Waals surface area contributed by atoms with Gasteiger partial charge in [0.25, 0.3) is 0 Å². The number of anilines is 2. The van der Waals surface area contributed by atoms with Gasteiger partial charge in [-0.05, 0) is 25.6 Å². The van der Waals surface area contributed by atoms with Crippen LogP contribution in [-0.4, -0.2) is 18.0 Å². The minimum absolute atomic E-state index is 0. The Morgan fingerprint density at radius 3 is 1.90 bits per heavy atom. The Balaban J connectivity index is 0.000000200. The molecule has 1 radical (unpaired) electrons. The van der Waals surface area contributed by atoms with Gasteiger partial charge in [-0.25, -0.2) is 17.1 Å². The van der Waals surface area contributed by atoms with Crippen molar-refractivity contribution in [2.45, 2.75) is 6.04 Å². The molecule has 1 unspecified atom stereocenters. The van der Waals surface area contributed by atoms with E-state index in [2.05, 4.69) is 24.3 Å². The van der Waals surface area contributed by atoms with E-state index < -0.39 is 0 Å². The summed E-state index contributed by atoms with van der Waals surface area (Å²) in [6, 6.07) is 20.8. The van der Waals surface area contributed by atoms with Gasteiger partial charge in [-0.15, -0.1) is 23.5 Å². The van der Waals surface area contributed by atoms with Crippen molar-refractivity contribution >= 4 is 11.4 Å². The van der Waals surface area contributed by atoms with Crippen LogP contribution in [-0.2, 0) is 20.1 Å². The third-order valence-electron chi connectivity index (χ3n) is 3.98. The van der Waals surface area contributed by atoms with Crippen molar-refractivity contribution in [1.82, 2.24) is 4.90 Å². The summed E-state index contributed by atoms with van der Waals surface area (Å²) < 4.78 is 0. The predicted octanol–water partition coefficient (Wildman–Crippen LogP) is 2.88. The van der Waals surface area contributed by atoms with Gasteiger partial charge < -0.3 is 20.4 Å². The first kappa shape index (κ1) is 22.2. The largest absolute Gasteiger partial charge is 0.519 e. The van der Waals surface area contributed by atoms with Crippen LogP contribution in [0.4, 0.5) is 11.4 Å². The molecular formula is C22H18IrN6-4. The summed E-state index contributed by atoms with van der Waals surface area (Å²) in [7, 11) is 1.96. The van der Waals surface area contributed by atoms with Crippen molar-refractivity contribution in [2.24, 2.45) is 5.73 Å². The molecule has 0 bridgehead atoms. The van der Waals surface area contributed by atoms with Gasteiger partial charge in [0.05, 0.1) is 0 Å². The van der Waals surface area contributed by atoms with E-state index in [9.17, 15) is 0 Å². The maximum absolute atomic E-state index is 8.62. The quantitative estimate of drug-likeness (QED) is 0.571. The Hall–Kier alpha value is -3.09. The third-order valence-corrected chi connectivity index (χ3v) is 3.98. The summed E-state index contributed by atoms with van der Waals surface area (Å²) in [5, 5.41) is 17.2. The van der Waals surface area contributed by atoms with Gasteiger partial charge in [-0.2, -0.15) is 43.1 Å². The van der Waals surface area contributed by atoms with E-state index >= 15 is 0 Å². The molecule has 4 rings (SSSR count). The number of rotatable bonds is 2. The van der Waals surface area contributed by atoms with Crippen LogP contribution in [0.25, 0.3) is 0 Å². The van der Waals surface area contributed by atoms with E-state index in [1.807, 2.05) is 71.8 Å². The zero-order chi connectivity index (χ0) is 19.9. The van der Waals surface area contributed by atoms with E-state index in [0.29, 0.717) is 11.1 Å². The minimum Gasteiger partial charge on any atom is -0.519 e. The zero-order valence-electron chi connectivity index (χ0n) is 15.7. The molecule has 2 aliphatic rings. The van der Waals surface area contributed by atoms with Crippen LogP contribution in [0.3, 0.4) is 0 Å². The number of hydrogen-bond acceptors (Lipinski definition) is 6. The van der Waals surface area contributed by atoms with Crippen LogP contribution in [0, 0.1) is 48.0 Å². The van der Waals surface area contributed by atoms with Crippen molar-refractivity contribution in [2.75, 3.05) is 16.8 Å². The molecule has 2 aliphatic heterocycles. The molecule has 0 saturated heterocycles. The second kappa shape index (κ2) is 10.5. The molecule has 0 aliphatic carbocycles. The number of nitriles is 2. The average Bonchev–Trinajstić information content (AvgIpc) is 3.37. The van der Waals surface area contributed by atoms with Crippen LogP contribution < -0.4 is 15.5 Å². The van der Waals surface area contributed by atoms with Crippen LogP contribution in [0.1, 0.15) is 11.1 Å². The molecule has 149 valence electrons. The first-order chi connectivity index (χ1) is 13.6. The van der Waals surface area contributed by atoms with Crippen LogP contribution >= 0.6 is 0 Å². The van der Waals surface area contributed by atoms with Crippen molar-refractivity contribution in [1.29, 1.82) is 10.5 Å². The van der Waals surface area contributed by atoms with Crippen molar-refractivity contribution < 1.29 is 20.1 Å². The van der Waals surface area contributed by atoms with E-state index in [1.54, 1.807) is 24.3 Å². The number of nitrogens with zero attached hydrogens (tertiary/aromatic N) is 5. The second-order valence-corrected chi connectivity index (χ2v) is 6.11. The van der Waals surface area contributed by atoms with Crippen molar-refractivity contribution in [3.63, 3.8) is 0 Å². The summed E-state index contributed by atoms with van der Waals surface area (Å²) in [4.78, 5) is 5.79. The maximum atomic E-state index is 8.62. The number of hydrogen-bond donors (Lipinski definition) is 1. The van der Waals surface area contributed by atoms with Gasteiger partial charge in [0.2, 0.25) is 0 Å². The van der Waals surface area contributed by atoms with Gasteiger partial charge in [0.1, 0.15) is 0 Å². The molecule has 0 spiro atoms. The van der Waals surface area contributed by atoms with Gasteiger partial charge in [0, 0.05) is 32.2 Å². The standard InChI is InChI=1S/2C11H9N3.Ir/c1-13-6-7-14(9-13)11-4-2-10(8-12)3-5-11;12-7-9-1-3-11(4-2-9)14-6-5-10(13)8-14;/h2-4,6-7,9H,1H3;1-3,5-6,8,10H,13H2;/q2*-2;. The van der Waals surface area contributed by atoms with E-state index in [0.717, 1.165) is 11.4 Å². The molecule has 0 aromatic heterocycles. The fraction of sp³-hybridized carbons (Fsp3) is 0.0909.